The summed E-state index contributed by atoms with van der Waals surface area (Å²) in [5.74, 6) is 0. The predicted molar refractivity (Wildman–Crippen MR) is 205 cm³/mol. The minimum absolute atomic E-state index is 1.16. The molecule has 0 aliphatic carbocycles. The van der Waals surface area contributed by atoms with Gasteiger partial charge in [-0.3, -0.25) is 0 Å². The lowest BCUT2D eigenvalue weighted by atomic mass is 10.1. The third-order valence-electron chi connectivity index (χ3n) is 10.1. The van der Waals surface area contributed by atoms with Crippen LogP contribution in [0.4, 0.5) is 0 Å². The lowest BCUT2D eigenvalue weighted by molar-refractivity contribution is 1.17. The fourth-order valence-corrected chi connectivity index (χ4v) is 9.00. The highest BCUT2D eigenvalue weighted by Gasteiger charge is 2.20. The van der Waals surface area contributed by atoms with Crippen LogP contribution in [0.1, 0.15) is 0 Å². The molecule has 7 aromatic carbocycles. The van der Waals surface area contributed by atoms with Gasteiger partial charge in [-0.05, 0) is 66.7 Å². The number of rotatable bonds is 3. The van der Waals surface area contributed by atoms with Crippen LogP contribution in [-0.2, 0) is 0 Å². The number of hydrogen-bond acceptors (Lipinski definition) is 1. The van der Waals surface area contributed by atoms with Crippen molar-refractivity contribution in [2.75, 3.05) is 0 Å². The van der Waals surface area contributed by atoms with E-state index in [1.54, 1.807) is 0 Å². The molecule has 0 N–H and O–H groups in total. The Bertz CT molecular complexity index is 2800. The van der Waals surface area contributed by atoms with Crippen LogP contribution >= 0.6 is 11.3 Å². The van der Waals surface area contributed by atoms with E-state index in [-0.39, 0.29) is 0 Å². The summed E-state index contributed by atoms with van der Waals surface area (Å²) < 4.78 is 8.61. The number of aromatic nitrogens is 3. The number of para-hydroxylation sites is 4. The van der Waals surface area contributed by atoms with E-state index in [4.69, 9.17) is 0 Å². The summed E-state index contributed by atoms with van der Waals surface area (Å²) in [5, 5.41) is 11.2. The summed E-state index contributed by atoms with van der Waals surface area (Å²) >= 11 is 1.81. The van der Waals surface area contributed by atoms with Crippen molar-refractivity contribution in [3.05, 3.63) is 163 Å². The van der Waals surface area contributed by atoms with Gasteiger partial charge in [0.1, 0.15) is 0 Å². The van der Waals surface area contributed by atoms with Gasteiger partial charge in [-0.2, -0.15) is 0 Å². The number of benzene rings is 7. The lowest BCUT2D eigenvalue weighted by Gasteiger charge is -2.10. The summed E-state index contributed by atoms with van der Waals surface area (Å²) in [6.07, 6.45) is 0. The molecule has 224 valence electrons. The molecule has 0 aliphatic heterocycles. The van der Waals surface area contributed by atoms with Gasteiger partial charge in [0.25, 0.3) is 0 Å². The van der Waals surface area contributed by atoms with Crippen LogP contribution in [-0.4, -0.2) is 13.7 Å². The van der Waals surface area contributed by atoms with E-state index in [0.29, 0.717) is 0 Å². The first-order valence-electron chi connectivity index (χ1n) is 16.4. The molecular formula is C44H27N3S. The Morgan fingerprint density at radius 3 is 1.15 bits per heavy atom. The summed E-state index contributed by atoms with van der Waals surface area (Å²) in [7, 11) is 0. The second-order valence-electron chi connectivity index (χ2n) is 12.6. The zero-order valence-electron chi connectivity index (χ0n) is 25.8. The fourth-order valence-electron chi connectivity index (χ4n) is 8.08. The second-order valence-corrected chi connectivity index (χ2v) is 13.5. The van der Waals surface area contributed by atoms with E-state index in [9.17, 15) is 0 Å². The third-order valence-corrected chi connectivity index (χ3v) is 11.1. The molecule has 0 spiro atoms. The minimum atomic E-state index is 1.16. The maximum atomic E-state index is 2.47. The Morgan fingerprint density at radius 1 is 0.312 bits per heavy atom. The highest BCUT2D eigenvalue weighted by molar-refractivity contribution is 7.17. The largest absolute Gasteiger partial charge is 0.309 e. The Balaban J connectivity index is 1.25. The highest BCUT2D eigenvalue weighted by atomic mass is 32.1. The molecule has 0 bridgehead atoms. The van der Waals surface area contributed by atoms with Gasteiger partial charge in [-0.25, -0.2) is 0 Å². The van der Waals surface area contributed by atoms with Crippen molar-refractivity contribution in [3.8, 4) is 17.1 Å². The first-order chi connectivity index (χ1) is 23.8. The maximum Gasteiger partial charge on any atom is 0.0647 e. The first-order valence-corrected chi connectivity index (χ1v) is 17.2. The summed E-state index contributed by atoms with van der Waals surface area (Å²) in [5.41, 5.74) is 10.8. The molecule has 0 aliphatic rings. The van der Waals surface area contributed by atoms with Crippen molar-refractivity contribution in [2.45, 2.75) is 0 Å². The quantitative estimate of drug-likeness (QED) is 0.185. The van der Waals surface area contributed by atoms with Gasteiger partial charge in [0, 0.05) is 59.2 Å². The number of nitrogens with zero attached hydrogens (tertiary/aromatic N) is 3. The van der Waals surface area contributed by atoms with Gasteiger partial charge in [0.05, 0.1) is 38.8 Å². The van der Waals surface area contributed by atoms with Gasteiger partial charge in [-0.15, -0.1) is 11.3 Å². The normalized spacial score (nSPS) is 12.2. The van der Waals surface area contributed by atoms with E-state index in [1.165, 1.54) is 81.2 Å². The van der Waals surface area contributed by atoms with Crippen LogP contribution in [0.15, 0.2) is 163 Å². The molecule has 0 amide bonds. The van der Waals surface area contributed by atoms with Crippen LogP contribution < -0.4 is 0 Å². The van der Waals surface area contributed by atoms with Crippen molar-refractivity contribution >= 4 is 86.8 Å². The van der Waals surface area contributed by atoms with Gasteiger partial charge < -0.3 is 13.7 Å². The van der Waals surface area contributed by atoms with E-state index < -0.39 is 0 Å². The van der Waals surface area contributed by atoms with Crippen molar-refractivity contribution in [2.24, 2.45) is 0 Å². The Labute approximate surface area is 279 Å². The number of hydrogen-bond donors (Lipinski definition) is 0. The standard InChI is InChI=1S/C44H27N3S/c1-6-16-37-30(11-1)31-12-2-7-17-38(31)45(37)28-21-23-41-35(25-28)36-26-29(46-39-18-8-3-13-32(39)33-14-4-9-19-40(33)46)22-24-42(36)47(41)43-27-48-44-20-10-5-15-34(43)44/h1-27H. The fraction of sp³-hybridized carbons (Fsp3) is 0. The zero-order valence-corrected chi connectivity index (χ0v) is 26.7. The van der Waals surface area contributed by atoms with Gasteiger partial charge in [-0.1, -0.05) is 91.0 Å². The molecule has 4 heteroatoms. The minimum Gasteiger partial charge on any atom is -0.309 e. The number of thiophene rings is 1. The molecule has 0 unspecified atom stereocenters. The average molecular weight is 630 g/mol. The van der Waals surface area contributed by atoms with Crippen LogP contribution in [0.5, 0.6) is 0 Å². The van der Waals surface area contributed by atoms with Crippen molar-refractivity contribution < 1.29 is 0 Å². The molecular weight excluding hydrogens is 603 g/mol. The molecule has 0 fully saturated rings. The van der Waals surface area contributed by atoms with E-state index >= 15 is 0 Å². The lowest BCUT2D eigenvalue weighted by Crippen LogP contribution is -1.95. The van der Waals surface area contributed by atoms with Crippen LogP contribution in [0, 0.1) is 0 Å². The van der Waals surface area contributed by atoms with Crippen molar-refractivity contribution in [1.29, 1.82) is 0 Å². The first kappa shape index (κ1) is 26.0. The summed E-state index contributed by atoms with van der Waals surface area (Å²) in [6, 6.07) is 57.8. The maximum absolute atomic E-state index is 2.47. The molecule has 0 saturated heterocycles. The SMILES string of the molecule is c1ccc2c(-n3c4ccc(-n5c6ccccc6c6ccccc65)cc4c4cc(-n5c6ccccc6c6ccccc65)ccc43)csc2c1. The topological polar surface area (TPSA) is 14.8 Å². The smallest absolute Gasteiger partial charge is 0.0647 e. The summed E-state index contributed by atoms with van der Waals surface area (Å²) in [4.78, 5) is 0. The van der Waals surface area contributed by atoms with Crippen LogP contribution in [0.25, 0.3) is 92.6 Å². The van der Waals surface area contributed by atoms with E-state index in [0.717, 1.165) is 11.4 Å². The molecule has 4 heterocycles. The van der Waals surface area contributed by atoms with Gasteiger partial charge in [0.15, 0.2) is 0 Å². The Kier molecular flexibility index (Phi) is 5.26. The molecule has 48 heavy (non-hydrogen) atoms. The molecule has 0 radical (unpaired) electrons. The molecule has 3 nitrogen and oxygen atoms in total. The second kappa shape index (κ2) is 9.71. The number of fused-ring (bicyclic) bond motifs is 10. The molecule has 11 aromatic rings. The van der Waals surface area contributed by atoms with Gasteiger partial charge >= 0.3 is 0 Å². The molecule has 0 saturated carbocycles. The van der Waals surface area contributed by atoms with Gasteiger partial charge in [0.2, 0.25) is 0 Å². The Morgan fingerprint density at radius 2 is 0.688 bits per heavy atom. The van der Waals surface area contributed by atoms with E-state index in [2.05, 4.69) is 177 Å². The monoisotopic (exact) mass is 629 g/mol. The summed E-state index contributed by atoms with van der Waals surface area (Å²) in [6.45, 7) is 0. The van der Waals surface area contributed by atoms with Crippen molar-refractivity contribution in [3.63, 3.8) is 0 Å². The van der Waals surface area contributed by atoms with E-state index in [1.807, 2.05) is 11.3 Å². The third kappa shape index (κ3) is 3.47. The predicted octanol–water partition coefficient (Wildman–Crippen LogP) is 12.2. The molecule has 0 atom stereocenters. The van der Waals surface area contributed by atoms with Crippen LogP contribution in [0.3, 0.4) is 0 Å². The average Bonchev–Trinajstić information content (AvgIpc) is 3.89. The molecule has 4 aromatic heterocycles. The molecule has 11 rings (SSSR count). The van der Waals surface area contributed by atoms with Crippen LogP contribution in [0.2, 0.25) is 0 Å². The highest BCUT2D eigenvalue weighted by Crippen LogP contribution is 2.41. The van der Waals surface area contributed by atoms with Crippen molar-refractivity contribution in [1.82, 2.24) is 13.7 Å². The zero-order chi connectivity index (χ0) is 31.3. The Hall–Kier alpha value is -6.10.